The lowest BCUT2D eigenvalue weighted by atomic mass is 10.1. The second-order valence-corrected chi connectivity index (χ2v) is 6.48. The van der Waals surface area contributed by atoms with E-state index in [4.69, 9.17) is 0 Å². The van der Waals surface area contributed by atoms with Crippen molar-refractivity contribution in [2.45, 2.75) is 38.9 Å². The van der Waals surface area contributed by atoms with Gasteiger partial charge in [-0.3, -0.25) is 0 Å². The molecule has 0 heterocycles. The van der Waals surface area contributed by atoms with Crippen molar-refractivity contribution in [3.63, 3.8) is 0 Å². The van der Waals surface area contributed by atoms with Crippen molar-refractivity contribution in [2.75, 3.05) is 0 Å². The van der Waals surface area contributed by atoms with Crippen molar-refractivity contribution in [1.82, 2.24) is 0 Å². The van der Waals surface area contributed by atoms with Gasteiger partial charge in [-0.15, -0.1) is 0 Å². The Balaban J connectivity index is 3.07. The summed E-state index contributed by atoms with van der Waals surface area (Å²) in [5.41, 5.74) is -0.0396. The second kappa shape index (κ2) is 5.78. The normalized spacial score (nSPS) is 13.2. The van der Waals surface area contributed by atoms with E-state index in [-0.39, 0.29) is 10.3 Å². The van der Waals surface area contributed by atoms with E-state index in [1.165, 1.54) is 24.1 Å². The number of benzene rings is 1. The van der Waals surface area contributed by atoms with E-state index in [2.05, 4.69) is 4.40 Å². The van der Waals surface area contributed by atoms with Crippen molar-refractivity contribution in [3.05, 3.63) is 35.1 Å². The molecule has 0 bridgehead atoms. The lowest BCUT2D eigenvalue weighted by Crippen LogP contribution is -2.07. The third-order valence-electron chi connectivity index (χ3n) is 2.11. The van der Waals surface area contributed by atoms with Crippen LogP contribution in [0.25, 0.3) is 0 Å². The van der Waals surface area contributed by atoms with Gasteiger partial charge in [0.1, 0.15) is 5.82 Å². The molecule has 0 amide bonds. The standard InChI is InChI=1S/C13H16F3NS/c1-8(17-18-13(2,3)4)9-6-5-7-10(11(9)14)12(15)16/h5-7,12H,1-4H3. The fourth-order valence-electron chi connectivity index (χ4n) is 1.25. The van der Waals surface area contributed by atoms with E-state index in [0.29, 0.717) is 5.71 Å². The predicted octanol–water partition coefficient (Wildman–Crippen LogP) is 5.02. The summed E-state index contributed by atoms with van der Waals surface area (Å²) in [7, 11) is 0. The summed E-state index contributed by atoms with van der Waals surface area (Å²) in [6.45, 7) is 7.54. The Bertz CT molecular complexity index is 450. The highest BCUT2D eigenvalue weighted by atomic mass is 32.2. The fourth-order valence-corrected chi connectivity index (χ4v) is 1.76. The van der Waals surface area contributed by atoms with Crippen molar-refractivity contribution >= 4 is 17.7 Å². The molecule has 5 heteroatoms. The van der Waals surface area contributed by atoms with Crippen molar-refractivity contribution in [1.29, 1.82) is 0 Å². The van der Waals surface area contributed by atoms with Gasteiger partial charge >= 0.3 is 0 Å². The summed E-state index contributed by atoms with van der Waals surface area (Å²) in [6, 6.07) is 3.97. The van der Waals surface area contributed by atoms with Gasteiger partial charge in [0.05, 0.1) is 11.3 Å². The number of nitrogens with zero attached hydrogens (tertiary/aromatic N) is 1. The topological polar surface area (TPSA) is 12.4 Å². The molecule has 1 rings (SSSR count). The molecular formula is C13H16F3NS. The van der Waals surface area contributed by atoms with E-state index in [0.717, 1.165) is 6.07 Å². The Hall–Kier alpha value is -0.970. The summed E-state index contributed by atoms with van der Waals surface area (Å²) in [6.07, 6.45) is -2.81. The van der Waals surface area contributed by atoms with Crippen LogP contribution in [0.2, 0.25) is 0 Å². The molecule has 1 nitrogen and oxygen atoms in total. The Labute approximate surface area is 110 Å². The molecule has 1 aromatic rings. The van der Waals surface area contributed by atoms with Crippen LogP contribution >= 0.6 is 11.9 Å². The van der Waals surface area contributed by atoms with E-state index in [9.17, 15) is 13.2 Å². The summed E-state index contributed by atoms with van der Waals surface area (Å²) < 4.78 is 43.0. The quantitative estimate of drug-likeness (QED) is 0.557. The van der Waals surface area contributed by atoms with Gasteiger partial charge in [0.25, 0.3) is 6.43 Å². The van der Waals surface area contributed by atoms with Crippen LogP contribution in [0.4, 0.5) is 13.2 Å². The average Bonchev–Trinajstić information content (AvgIpc) is 2.24. The number of halogens is 3. The highest BCUT2D eigenvalue weighted by Crippen LogP contribution is 2.27. The molecule has 0 radical (unpaired) electrons. The van der Waals surface area contributed by atoms with E-state index < -0.39 is 17.8 Å². The molecule has 0 aliphatic rings. The van der Waals surface area contributed by atoms with E-state index >= 15 is 0 Å². The van der Waals surface area contributed by atoms with Crippen LogP contribution in [0.1, 0.15) is 45.2 Å². The minimum absolute atomic E-state index is 0.0991. The van der Waals surface area contributed by atoms with Crippen LogP contribution in [0, 0.1) is 5.82 Å². The smallest absolute Gasteiger partial charge is 0.220 e. The molecule has 0 unspecified atom stereocenters. The molecule has 0 saturated carbocycles. The van der Waals surface area contributed by atoms with Gasteiger partial charge in [-0.05, 0) is 39.6 Å². The monoisotopic (exact) mass is 275 g/mol. The van der Waals surface area contributed by atoms with Gasteiger partial charge in [-0.25, -0.2) is 17.6 Å². The van der Waals surface area contributed by atoms with Crippen LogP contribution in [0.3, 0.4) is 0 Å². The van der Waals surface area contributed by atoms with Crippen molar-refractivity contribution in [3.8, 4) is 0 Å². The van der Waals surface area contributed by atoms with Crippen LogP contribution in [0.15, 0.2) is 22.6 Å². The molecule has 0 aliphatic carbocycles. The first kappa shape index (κ1) is 15.1. The first-order chi connectivity index (χ1) is 8.22. The second-order valence-electron chi connectivity index (χ2n) is 4.89. The molecular weight excluding hydrogens is 259 g/mol. The average molecular weight is 275 g/mol. The lowest BCUT2D eigenvalue weighted by molar-refractivity contribution is 0.146. The maximum Gasteiger partial charge on any atom is 0.266 e. The fraction of sp³-hybridized carbons (Fsp3) is 0.462. The Kier molecular flexibility index (Phi) is 4.85. The van der Waals surface area contributed by atoms with Crippen LogP contribution in [0.5, 0.6) is 0 Å². The summed E-state index contributed by atoms with van der Waals surface area (Å²) in [5, 5.41) is 0. The number of rotatable bonds is 3. The number of hydrogen-bond acceptors (Lipinski definition) is 2. The zero-order valence-electron chi connectivity index (χ0n) is 10.8. The van der Waals surface area contributed by atoms with E-state index in [1.54, 1.807) is 6.92 Å². The molecule has 0 fully saturated rings. The Morgan fingerprint density at radius 1 is 1.28 bits per heavy atom. The molecule has 0 N–H and O–H groups in total. The minimum Gasteiger partial charge on any atom is -0.220 e. The van der Waals surface area contributed by atoms with Crippen LogP contribution in [-0.2, 0) is 0 Å². The molecule has 0 aromatic heterocycles. The van der Waals surface area contributed by atoms with E-state index in [1.807, 2.05) is 20.8 Å². The molecule has 1 aromatic carbocycles. The molecule has 100 valence electrons. The highest BCUT2D eigenvalue weighted by molar-refractivity contribution is 7.99. The maximum atomic E-state index is 13.8. The van der Waals surface area contributed by atoms with Gasteiger partial charge in [-0.1, -0.05) is 18.2 Å². The maximum absolute atomic E-state index is 13.8. The first-order valence-corrected chi connectivity index (χ1v) is 6.29. The molecule has 0 aliphatic heterocycles. The van der Waals surface area contributed by atoms with Gasteiger partial charge in [0.2, 0.25) is 0 Å². The minimum atomic E-state index is -2.81. The van der Waals surface area contributed by atoms with Crippen molar-refractivity contribution < 1.29 is 13.2 Å². The Morgan fingerprint density at radius 2 is 1.89 bits per heavy atom. The summed E-state index contributed by atoms with van der Waals surface area (Å²) in [4.78, 5) is 0. The third-order valence-corrected chi connectivity index (χ3v) is 3.02. The lowest BCUT2D eigenvalue weighted by Gasteiger charge is -2.14. The highest BCUT2D eigenvalue weighted by Gasteiger charge is 2.18. The number of hydrogen-bond donors (Lipinski definition) is 0. The Morgan fingerprint density at radius 3 is 2.39 bits per heavy atom. The largest absolute Gasteiger partial charge is 0.266 e. The van der Waals surface area contributed by atoms with Gasteiger partial charge < -0.3 is 0 Å². The molecule has 0 atom stereocenters. The zero-order valence-corrected chi connectivity index (χ0v) is 11.6. The third kappa shape index (κ3) is 4.05. The summed E-state index contributed by atoms with van der Waals surface area (Å²) >= 11 is 1.29. The zero-order chi connectivity index (χ0) is 13.9. The molecule has 0 saturated heterocycles. The summed E-state index contributed by atoms with van der Waals surface area (Å²) in [5.74, 6) is -0.886. The molecule has 18 heavy (non-hydrogen) atoms. The SMILES string of the molecule is CC(=NSC(C)(C)C)c1cccc(C(F)F)c1F. The first-order valence-electron chi connectivity index (χ1n) is 5.52. The van der Waals surface area contributed by atoms with Crippen LogP contribution in [-0.4, -0.2) is 10.5 Å². The number of alkyl halides is 2. The molecule has 0 spiro atoms. The van der Waals surface area contributed by atoms with Gasteiger partial charge in [0, 0.05) is 10.3 Å². The van der Waals surface area contributed by atoms with Crippen molar-refractivity contribution in [2.24, 2.45) is 4.40 Å². The predicted molar refractivity (Wildman–Crippen MR) is 70.9 cm³/mol. The van der Waals surface area contributed by atoms with Gasteiger partial charge in [-0.2, -0.15) is 0 Å². The van der Waals surface area contributed by atoms with Gasteiger partial charge in [0.15, 0.2) is 0 Å². The van der Waals surface area contributed by atoms with Crippen LogP contribution < -0.4 is 0 Å².